The van der Waals surface area contributed by atoms with Gasteiger partial charge in [-0.1, -0.05) is 59.7 Å². The number of hydrogen-bond acceptors (Lipinski definition) is 4. The third-order valence-corrected chi connectivity index (χ3v) is 7.82. The number of nitrogens with one attached hydrogen (secondary N) is 2. The molecule has 2 heterocycles. The average molecular weight is 513 g/mol. The second-order valence-corrected chi connectivity index (χ2v) is 11.6. The SMILES string of the molecule is Cc1ccc(C(C)C)cc1OCc1c(CN[C@H](C)C(C)C)cc(-c2c(C(C)C)ccc3[nH]ncc23)nc1C. The van der Waals surface area contributed by atoms with Crippen LogP contribution in [0.4, 0.5) is 0 Å². The van der Waals surface area contributed by atoms with Gasteiger partial charge in [0.25, 0.3) is 0 Å². The number of fused-ring (bicyclic) bond motifs is 1. The van der Waals surface area contributed by atoms with Crippen molar-refractivity contribution < 1.29 is 4.74 Å². The fourth-order valence-electron chi connectivity index (χ4n) is 4.84. The highest BCUT2D eigenvalue weighted by Gasteiger charge is 2.19. The van der Waals surface area contributed by atoms with E-state index in [4.69, 9.17) is 9.72 Å². The van der Waals surface area contributed by atoms with E-state index in [1.807, 2.05) is 6.20 Å². The van der Waals surface area contributed by atoms with E-state index in [2.05, 4.69) is 114 Å². The van der Waals surface area contributed by atoms with Gasteiger partial charge < -0.3 is 10.1 Å². The molecule has 4 aromatic rings. The van der Waals surface area contributed by atoms with Gasteiger partial charge in [-0.15, -0.1) is 0 Å². The molecule has 0 unspecified atom stereocenters. The summed E-state index contributed by atoms with van der Waals surface area (Å²) in [7, 11) is 0. The van der Waals surface area contributed by atoms with Gasteiger partial charge in [-0.25, -0.2) is 0 Å². The molecule has 202 valence electrons. The number of aryl methyl sites for hydroxylation is 2. The summed E-state index contributed by atoms with van der Waals surface area (Å²) < 4.78 is 6.47. The van der Waals surface area contributed by atoms with Crippen molar-refractivity contribution in [3.05, 3.63) is 76.1 Å². The number of H-pyrrole nitrogens is 1. The van der Waals surface area contributed by atoms with E-state index in [1.54, 1.807) is 0 Å². The highest BCUT2D eigenvalue weighted by Crippen LogP contribution is 2.36. The summed E-state index contributed by atoms with van der Waals surface area (Å²) in [6, 6.07) is 13.5. The smallest absolute Gasteiger partial charge is 0.123 e. The number of nitrogens with zero attached hydrogens (tertiary/aromatic N) is 2. The van der Waals surface area contributed by atoms with Gasteiger partial charge >= 0.3 is 0 Å². The number of benzene rings is 2. The zero-order valence-corrected chi connectivity index (χ0v) is 24.6. The van der Waals surface area contributed by atoms with Gasteiger partial charge in [0, 0.05) is 34.8 Å². The molecule has 5 heteroatoms. The van der Waals surface area contributed by atoms with E-state index in [0.717, 1.165) is 45.7 Å². The van der Waals surface area contributed by atoms with Gasteiger partial charge in [-0.3, -0.25) is 10.1 Å². The van der Waals surface area contributed by atoms with Crippen molar-refractivity contribution in [2.45, 2.75) is 93.3 Å². The summed E-state index contributed by atoms with van der Waals surface area (Å²) in [6.45, 7) is 21.1. The van der Waals surface area contributed by atoms with Crippen LogP contribution >= 0.6 is 0 Å². The molecule has 0 fully saturated rings. The highest BCUT2D eigenvalue weighted by atomic mass is 16.5. The molecule has 0 aliphatic heterocycles. The number of ether oxygens (including phenoxy) is 1. The highest BCUT2D eigenvalue weighted by molar-refractivity contribution is 5.95. The lowest BCUT2D eigenvalue weighted by Gasteiger charge is -2.22. The average Bonchev–Trinajstić information content (AvgIpc) is 3.35. The van der Waals surface area contributed by atoms with Gasteiger partial charge in [0.1, 0.15) is 12.4 Å². The minimum Gasteiger partial charge on any atom is -0.489 e. The first kappa shape index (κ1) is 27.8. The summed E-state index contributed by atoms with van der Waals surface area (Å²) in [5.74, 6) is 2.32. The summed E-state index contributed by atoms with van der Waals surface area (Å²) in [5, 5.41) is 12.3. The monoisotopic (exact) mass is 512 g/mol. The Labute approximate surface area is 228 Å². The van der Waals surface area contributed by atoms with E-state index in [1.165, 1.54) is 22.3 Å². The Morgan fingerprint density at radius 2 is 1.68 bits per heavy atom. The van der Waals surface area contributed by atoms with Crippen molar-refractivity contribution in [2.75, 3.05) is 0 Å². The summed E-state index contributed by atoms with van der Waals surface area (Å²) in [5.41, 5.74) is 10.3. The Morgan fingerprint density at radius 1 is 0.921 bits per heavy atom. The Kier molecular flexibility index (Phi) is 8.57. The van der Waals surface area contributed by atoms with Crippen LogP contribution in [0.2, 0.25) is 0 Å². The lowest BCUT2D eigenvalue weighted by Crippen LogP contribution is -2.30. The molecule has 2 N–H and O–H groups in total. The third kappa shape index (κ3) is 5.94. The quantitative estimate of drug-likeness (QED) is 0.225. The number of hydrogen-bond donors (Lipinski definition) is 2. The molecule has 5 nitrogen and oxygen atoms in total. The Hall–Kier alpha value is -3.18. The van der Waals surface area contributed by atoms with Gasteiger partial charge in [0.05, 0.1) is 17.4 Å². The van der Waals surface area contributed by atoms with Gasteiger partial charge in [-0.05, 0) is 79.0 Å². The Balaban J connectivity index is 1.78. The molecular formula is C33H44N4O. The van der Waals surface area contributed by atoms with Crippen molar-refractivity contribution in [1.29, 1.82) is 0 Å². The first-order chi connectivity index (χ1) is 18.1. The van der Waals surface area contributed by atoms with Crippen molar-refractivity contribution in [2.24, 2.45) is 5.92 Å². The number of rotatable bonds is 10. The topological polar surface area (TPSA) is 62.8 Å². The van der Waals surface area contributed by atoms with Crippen LogP contribution in [-0.4, -0.2) is 21.2 Å². The largest absolute Gasteiger partial charge is 0.489 e. The molecule has 1 atom stereocenters. The van der Waals surface area contributed by atoms with Crippen molar-refractivity contribution in [3.8, 4) is 17.0 Å². The lowest BCUT2D eigenvalue weighted by molar-refractivity contribution is 0.300. The fraction of sp³-hybridized carbons (Fsp3) is 0.455. The van der Waals surface area contributed by atoms with Crippen LogP contribution in [0.1, 0.15) is 93.8 Å². The van der Waals surface area contributed by atoms with Crippen LogP contribution < -0.4 is 10.1 Å². The summed E-state index contributed by atoms with van der Waals surface area (Å²) in [6.07, 6.45) is 1.92. The van der Waals surface area contributed by atoms with Crippen LogP contribution in [-0.2, 0) is 13.2 Å². The van der Waals surface area contributed by atoms with Crippen LogP contribution in [0.15, 0.2) is 42.6 Å². The van der Waals surface area contributed by atoms with Crippen LogP contribution in [0.25, 0.3) is 22.2 Å². The predicted molar refractivity (Wildman–Crippen MR) is 159 cm³/mol. The summed E-state index contributed by atoms with van der Waals surface area (Å²) >= 11 is 0. The predicted octanol–water partition coefficient (Wildman–Crippen LogP) is 8.20. The molecule has 38 heavy (non-hydrogen) atoms. The van der Waals surface area contributed by atoms with Crippen LogP contribution in [0.5, 0.6) is 5.75 Å². The van der Waals surface area contributed by atoms with Gasteiger partial charge in [0.2, 0.25) is 0 Å². The molecule has 0 aliphatic carbocycles. The Bertz CT molecular complexity index is 1400. The fourth-order valence-corrected chi connectivity index (χ4v) is 4.84. The third-order valence-electron chi connectivity index (χ3n) is 7.82. The minimum atomic E-state index is 0.369. The maximum atomic E-state index is 6.47. The summed E-state index contributed by atoms with van der Waals surface area (Å²) in [4.78, 5) is 5.17. The number of aromatic nitrogens is 3. The zero-order chi connectivity index (χ0) is 27.6. The molecule has 0 radical (unpaired) electrons. The molecule has 0 spiro atoms. The van der Waals surface area contributed by atoms with E-state index in [-0.39, 0.29) is 0 Å². The van der Waals surface area contributed by atoms with E-state index < -0.39 is 0 Å². The lowest BCUT2D eigenvalue weighted by atomic mass is 9.91. The normalized spacial score (nSPS) is 12.7. The maximum absolute atomic E-state index is 6.47. The maximum Gasteiger partial charge on any atom is 0.123 e. The molecule has 0 amide bonds. The molecule has 0 aliphatic rings. The van der Waals surface area contributed by atoms with Crippen molar-refractivity contribution in [1.82, 2.24) is 20.5 Å². The number of pyridine rings is 1. The molecule has 4 rings (SSSR count). The molecule has 2 aromatic carbocycles. The van der Waals surface area contributed by atoms with Gasteiger partial charge in [0.15, 0.2) is 0 Å². The molecule has 2 aromatic heterocycles. The standard InChI is InChI=1S/C33H44N4O/c1-19(2)23(8)34-16-26-14-31(33-27(21(5)6)12-13-30-28(33)17-35-37-30)36-24(9)29(26)18-38-32-15-25(20(3)4)11-10-22(32)7/h10-15,17,19-21,23,34H,16,18H2,1-9H3,(H,35,37)/t23-/m1/s1. The van der Waals surface area contributed by atoms with E-state index >= 15 is 0 Å². The molecule has 0 bridgehead atoms. The molecule has 0 saturated heterocycles. The minimum absolute atomic E-state index is 0.369. The molecular weight excluding hydrogens is 468 g/mol. The second kappa shape index (κ2) is 11.7. The van der Waals surface area contributed by atoms with Crippen molar-refractivity contribution in [3.63, 3.8) is 0 Å². The van der Waals surface area contributed by atoms with Crippen molar-refractivity contribution >= 4 is 10.9 Å². The second-order valence-electron chi connectivity index (χ2n) is 11.6. The van der Waals surface area contributed by atoms with Crippen LogP contribution in [0.3, 0.4) is 0 Å². The van der Waals surface area contributed by atoms with Gasteiger partial charge in [-0.2, -0.15) is 5.10 Å². The number of aromatic amines is 1. The van der Waals surface area contributed by atoms with Crippen LogP contribution in [0, 0.1) is 19.8 Å². The van der Waals surface area contributed by atoms with E-state index in [0.29, 0.717) is 30.4 Å². The zero-order valence-electron chi connectivity index (χ0n) is 24.6. The Morgan fingerprint density at radius 3 is 2.37 bits per heavy atom. The molecule has 0 saturated carbocycles. The first-order valence-corrected chi connectivity index (χ1v) is 14.0. The first-order valence-electron chi connectivity index (χ1n) is 14.0. The van der Waals surface area contributed by atoms with E-state index in [9.17, 15) is 0 Å².